The van der Waals surface area contributed by atoms with Gasteiger partial charge in [0.1, 0.15) is 17.6 Å². The fourth-order valence-electron chi connectivity index (χ4n) is 2.47. The van der Waals surface area contributed by atoms with E-state index in [-0.39, 0.29) is 6.04 Å². The molecule has 1 aromatic heterocycles. The lowest BCUT2D eigenvalue weighted by Crippen LogP contribution is -2.44. The van der Waals surface area contributed by atoms with Crippen LogP contribution in [0.15, 0.2) is 30.6 Å². The fraction of sp³-hybridized carbons (Fsp3) is 0.333. The zero-order chi connectivity index (χ0) is 14.3. The second-order valence-corrected chi connectivity index (χ2v) is 5.63. The molecule has 2 aromatic rings. The molecule has 3 N–H and O–H groups in total. The van der Waals surface area contributed by atoms with E-state index in [0.717, 1.165) is 5.56 Å². The van der Waals surface area contributed by atoms with Gasteiger partial charge in [0.05, 0.1) is 6.04 Å². The summed E-state index contributed by atoms with van der Waals surface area (Å²) in [4.78, 5) is 8.15. The van der Waals surface area contributed by atoms with Crippen LogP contribution >= 0.6 is 0 Å². The quantitative estimate of drug-likeness (QED) is 0.833. The average molecular weight is 270 g/mol. The van der Waals surface area contributed by atoms with Crippen LogP contribution in [0.25, 0.3) is 0 Å². The minimum atomic E-state index is -0.428. The number of hydrogen-bond donors (Lipinski definition) is 2. The van der Waals surface area contributed by atoms with Gasteiger partial charge < -0.3 is 15.8 Å². The Bertz CT molecular complexity index is 637. The van der Waals surface area contributed by atoms with Crippen molar-refractivity contribution in [2.45, 2.75) is 32.4 Å². The van der Waals surface area contributed by atoms with E-state index in [1.807, 2.05) is 13.8 Å². The molecule has 1 unspecified atom stereocenters. The number of nitrogen functional groups attached to an aromatic ring is 1. The number of nitrogens with zero attached hydrogens (tertiary/aromatic N) is 2. The second-order valence-electron chi connectivity index (χ2n) is 5.63. The summed E-state index contributed by atoms with van der Waals surface area (Å²) in [5, 5.41) is 3.42. The van der Waals surface area contributed by atoms with Crippen LogP contribution in [0.2, 0.25) is 0 Å². The minimum absolute atomic E-state index is 0.0103. The molecule has 0 saturated heterocycles. The highest BCUT2D eigenvalue weighted by Gasteiger charge is 2.39. The van der Waals surface area contributed by atoms with E-state index in [2.05, 4.69) is 46.5 Å². The third-order valence-electron chi connectivity index (χ3n) is 3.60. The summed E-state index contributed by atoms with van der Waals surface area (Å²) in [5.41, 5.74) is 8.51. The predicted octanol–water partition coefficient (Wildman–Crippen LogP) is 2.69. The Morgan fingerprint density at radius 3 is 2.60 bits per heavy atom. The lowest BCUT2D eigenvalue weighted by molar-refractivity contribution is 0.0722. The number of hydrogen-bond acceptors (Lipinski definition) is 5. The van der Waals surface area contributed by atoms with Gasteiger partial charge in [-0.1, -0.05) is 29.8 Å². The van der Waals surface area contributed by atoms with Crippen LogP contribution in [0.5, 0.6) is 5.88 Å². The summed E-state index contributed by atoms with van der Waals surface area (Å²) >= 11 is 0. The number of nitrogens with two attached hydrogens (primary N) is 1. The second kappa shape index (κ2) is 4.37. The normalized spacial score (nSPS) is 19.6. The lowest BCUT2D eigenvalue weighted by Gasteiger charge is -2.40. The van der Waals surface area contributed by atoms with Crippen molar-refractivity contribution in [2.24, 2.45) is 0 Å². The van der Waals surface area contributed by atoms with E-state index in [1.165, 1.54) is 11.9 Å². The van der Waals surface area contributed by atoms with Crippen LogP contribution in [0.3, 0.4) is 0 Å². The van der Waals surface area contributed by atoms with E-state index in [0.29, 0.717) is 17.4 Å². The van der Waals surface area contributed by atoms with E-state index >= 15 is 0 Å². The van der Waals surface area contributed by atoms with Gasteiger partial charge in [0, 0.05) is 0 Å². The Balaban J connectivity index is 2.04. The van der Waals surface area contributed by atoms with Crippen molar-refractivity contribution in [2.75, 3.05) is 11.1 Å². The molecule has 1 aromatic carbocycles. The molecule has 0 amide bonds. The van der Waals surface area contributed by atoms with Gasteiger partial charge in [-0.2, -0.15) is 4.98 Å². The Morgan fingerprint density at radius 2 is 1.90 bits per heavy atom. The Labute approximate surface area is 118 Å². The van der Waals surface area contributed by atoms with Crippen molar-refractivity contribution >= 4 is 11.5 Å². The van der Waals surface area contributed by atoms with Crippen LogP contribution in [0.4, 0.5) is 11.5 Å². The molecule has 0 spiro atoms. The third-order valence-corrected chi connectivity index (χ3v) is 3.60. The van der Waals surface area contributed by atoms with Gasteiger partial charge in [0.2, 0.25) is 5.88 Å². The largest absolute Gasteiger partial charge is 0.467 e. The first-order valence-electron chi connectivity index (χ1n) is 6.60. The lowest BCUT2D eigenvalue weighted by atomic mass is 9.89. The van der Waals surface area contributed by atoms with Crippen LogP contribution in [-0.2, 0) is 0 Å². The summed E-state index contributed by atoms with van der Waals surface area (Å²) in [6, 6.07) is 8.37. The van der Waals surface area contributed by atoms with Gasteiger partial charge in [0.15, 0.2) is 5.82 Å². The predicted molar refractivity (Wildman–Crippen MR) is 78.7 cm³/mol. The monoisotopic (exact) mass is 270 g/mol. The molecule has 5 heteroatoms. The summed E-state index contributed by atoms with van der Waals surface area (Å²) in [7, 11) is 0. The van der Waals surface area contributed by atoms with Gasteiger partial charge in [0.25, 0.3) is 0 Å². The molecule has 0 fully saturated rings. The van der Waals surface area contributed by atoms with E-state index in [1.54, 1.807) is 0 Å². The first-order chi connectivity index (χ1) is 9.47. The average Bonchev–Trinajstić information content (AvgIpc) is 2.39. The van der Waals surface area contributed by atoms with Crippen LogP contribution in [0.1, 0.15) is 31.0 Å². The SMILES string of the molecule is Cc1ccc(C2Nc3c(N)ncnc3OC2(C)C)cc1. The number of fused-ring (bicyclic) bond motifs is 1. The van der Waals surface area contributed by atoms with Crippen molar-refractivity contribution in [1.82, 2.24) is 9.97 Å². The maximum atomic E-state index is 6.00. The number of nitrogens with one attached hydrogen (secondary N) is 1. The highest BCUT2D eigenvalue weighted by Crippen LogP contribution is 2.43. The molecule has 2 heterocycles. The zero-order valence-corrected chi connectivity index (χ0v) is 11.8. The van der Waals surface area contributed by atoms with Crippen molar-refractivity contribution in [3.05, 3.63) is 41.7 Å². The minimum Gasteiger partial charge on any atom is -0.467 e. The van der Waals surface area contributed by atoms with Crippen molar-refractivity contribution in [1.29, 1.82) is 0 Å². The molecule has 1 aliphatic rings. The van der Waals surface area contributed by atoms with Crippen molar-refractivity contribution < 1.29 is 4.74 Å². The maximum absolute atomic E-state index is 6.00. The molecular weight excluding hydrogens is 252 g/mol. The Kier molecular flexibility index (Phi) is 2.78. The highest BCUT2D eigenvalue weighted by atomic mass is 16.5. The molecule has 20 heavy (non-hydrogen) atoms. The number of ether oxygens (including phenoxy) is 1. The van der Waals surface area contributed by atoms with Gasteiger partial charge in [-0.15, -0.1) is 0 Å². The van der Waals surface area contributed by atoms with Gasteiger partial charge in [-0.05, 0) is 26.3 Å². The van der Waals surface area contributed by atoms with Crippen molar-refractivity contribution in [3.63, 3.8) is 0 Å². The first-order valence-corrected chi connectivity index (χ1v) is 6.60. The fourth-order valence-corrected chi connectivity index (χ4v) is 2.47. The summed E-state index contributed by atoms with van der Waals surface area (Å²) < 4.78 is 6.00. The highest BCUT2D eigenvalue weighted by molar-refractivity contribution is 5.69. The van der Waals surface area contributed by atoms with E-state index in [9.17, 15) is 0 Å². The topological polar surface area (TPSA) is 73.1 Å². The molecule has 0 bridgehead atoms. The maximum Gasteiger partial charge on any atom is 0.243 e. The summed E-state index contributed by atoms with van der Waals surface area (Å²) in [5.74, 6) is 0.911. The van der Waals surface area contributed by atoms with Crippen LogP contribution in [-0.4, -0.2) is 15.6 Å². The van der Waals surface area contributed by atoms with Crippen molar-refractivity contribution in [3.8, 4) is 5.88 Å². The molecule has 0 saturated carbocycles. The zero-order valence-electron chi connectivity index (χ0n) is 11.8. The molecular formula is C15H18N4O. The first kappa shape index (κ1) is 12.7. The molecule has 0 aliphatic carbocycles. The number of aryl methyl sites for hydroxylation is 1. The number of anilines is 2. The van der Waals surface area contributed by atoms with E-state index < -0.39 is 5.60 Å². The smallest absolute Gasteiger partial charge is 0.243 e. The van der Waals surface area contributed by atoms with Gasteiger partial charge in [-0.3, -0.25) is 0 Å². The van der Waals surface area contributed by atoms with Gasteiger partial charge in [-0.25, -0.2) is 4.98 Å². The van der Waals surface area contributed by atoms with Gasteiger partial charge >= 0.3 is 0 Å². The number of aromatic nitrogens is 2. The number of benzene rings is 1. The molecule has 104 valence electrons. The Hall–Kier alpha value is -2.30. The summed E-state index contributed by atoms with van der Waals surface area (Å²) in [6.45, 7) is 6.14. The van der Waals surface area contributed by atoms with Crippen LogP contribution < -0.4 is 15.8 Å². The third kappa shape index (κ3) is 2.05. The number of rotatable bonds is 1. The van der Waals surface area contributed by atoms with Crippen LogP contribution in [0, 0.1) is 6.92 Å². The molecule has 1 aliphatic heterocycles. The standard InChI is InChI=1S/C15H18N4O/c1-9-4-6-10(7-5-9)12-15(2,3)20-14-11(19-12)13(16)17-8-18-14/h4-8,12,19H,1-3H3,(H2,16,17,18). The molecule has 1 atom stereocenters. The Morgan fingerprint density at radius 1 is 1.20 bits per heavy atom. The van der Waals surface area contributed by atoms with E-state index in [4.69, 9.17) is 10.5 Å². The molecule has 0 radical (unpaired) electrons. The summed E-state index contributed by atoms with van der Waals surface area (Å²) in [6.07, 6.45) is 1.41. The molecule has 5 nitrogen and oxygen atoms in total. The molecule has 3 rings (SSSR count).